The van der Waals surface area contributed by atoms with Crippen LogP contribution in [0.2, 0.25) is 25.7 Å². The van der Waals surface area contributed by atoms with E-state index in [9.17, 15) is 9.59 Å². The van der Waals surface area contributed by atoms with E-state index in [0.29, 0.717) is 36.1 Å². The largest absolute Gasteiger partial charge is 0.493 e. The molecule has 2 aromatic rings. The number of carbonyl (C=O) groups excluding carboxylic acids is 2. The summed E-state index contributed by atoms with van der Waals surface area (Å²) in [4.78, 5) is 29.7. The Balaban J connectivity index is 1.96. The molecule has 0 bridgehead atoms. The molecule has 2 aromatic carbocycles. The van der Waals surface area contributed by atoms with Gasteiger partial charge in [0.1, 0.15) is 29.3 Å². The van der Waals surface area contributed by atoms with Crippen molar-refractivity contribution in [2.75, 3.05) is 33.7 Å². The van der Waals surface area contributed by atoms with Crippen LogP contribution in [0.3, 0.4) is 0 Å². The summed E-state index contributed by atoms with van der Waals surface area (Å²) in [5.74, 6) is -1.28. The quantitative estimate of drug-likeness (QED) is 0.0234. The first-order valence-corrected chi connectivity index (χ1v) is 21.2. The number of rotatable bonds is 21. The molecule has 12 nitrogen and oxygen atoms in total. The highest BCUT2D eigenvalue weighted by atomic mass is 28.3. The van der Waals surface area contributed by atoms with Crippen molar-refractivity contribution in [3.63, 3.8) is 0 Å². The summed E-state index contributed by atoms with van der Waals surface area (Å²) >= 11 is 0. The van der Waals surface area contributed by atoms with Crippen molar-refractivity contribution in [3.05, 3.63) is 75.7 Å². The molecule has 13 heteroatoms. The molecule has 0 amide bonds. The number of methoxy groups -OCH3 is 1. The number of benzene rings is 2. The molecule has 280 valence electrons. The second-order valence-corrected chi connectivity index (χ2v) is 19.8. The fourth-order valence-electron chi connectivity index (χ4n) is 5.40. The number of ether oxygens (including phenoxy) is 7. The minimum Gasteiger partial charge on any atom is -0.493 e. The molecular weight excluding hydrogens is 671 g/mol. The average molecular weight is 728 g/mol. The molecule has 0 radical (unpaired) electrons. The van der Waals surface area contributed by atoms with Crippen molar-refractivity contribution >= 4 is 26.1 Å². The molecule has 0 spiro atoms. The summed E-state index contributed by atoms with van der Waals surface area (Å²) in [6.07, 6.45) is 3.07. The Bertz CT molecular complexity index is 1530. The van der Waals surface area contributed by atoms with Gasteiger partial charge in [-0.3, -0.25) is 0 Å². The highest BCUT2D eigenvalue weighted by Crippen LogP contribution is 2.36. The third-order valence-corrected chi connectivity index (χ3v) is 9.95. The molecule has 1 aliphatic rings. The predicted octanol–water partition coefficient (Wildman–Crippen LogP) is 8.83. The summed E-state index contributed by atoms with van der Waals surface area (Å²) in [5.41, 5.74) is 9.79. The van der Waals surface area contributed by atoms with Crippen LogP contribution in [0.5, 0.6) is 11.5 Å². The van der Waals surface area contributed by atoms with Crippen molar-refractivity contribution in [3.8, 4) is 11.5 Å². The Kier molecular flexibility index (Phi) is 15.8. The molecule has 1 fully saturated rings. The predicted molar refractivity (Wildman–Crippen MR) is 199 cm³/mol. The number of hydrogen-bond donors (Lipinski definition) is 0. The zero-order valence-corrected chi connectivity index (χ0v) is 32.3. The zero-order chi connectivity index (χ0) is 38.3. The van der Waals surface area contributed by atoms with E-state index in [1.54, 1.807) is 42.5 Å². The summed E-state index contributed by atoms with van der Waals surface area (Å²) in [5, 5.41) is 3.53. The smallest absolute Gasteiger partial charge is 0.342 e. The van der Waals surface area contributed by atoms with E-state index >= 15 is 0 Å². The molecule has 0 aromatic heterocycles. The van der Waals surface area contributed by atoms with Gasteiger partial charge in [0.25, 0.3) is 0 Å². The van der Waals surface area contributed by atoms with Crippen LogP contribution < -0.4 is 9.47 Å². The molecule has 1 aliphatic heterocycles. The number of esters is 2. The zero-order valence-electron chi connectivity index (χ0n) is 32.3. The number of hydrogen-bond acceptors (Lipinski definition) is 10. The molecule has 0 aliphatic carbocycles. The summed E-state index contributed by atoms with van der Waals surface area (Å²) in [6, 6.07) is 12.9. The summed E-state index contributed by atoms with van der Waals surface area (Å²) in [6.45, 7) is 14.5. The van der Waals surface area contributed by atoms with Crippen LogP contribution in [0.1, 0.15) is 81.0 Å². The minimum absolute atomic E-state index is 0.0752. The Hall–Kier alpha value is -3.87. The van der Waals surface area contributed by atoms with Crippen molar-refractivity contribution in [2.24, 2.45) is 11.0 Å². The van der Waals surface area contributed by atoms with E-state index in [-0.39, 0.29) is 50.2 Å². The summed E-state index contributed by atoms with van der Waals surface area (Å²) < 4.78 is 49.6. The van der Waals surface area contributed by atoms with Gasteiger partial charge in [-0.05, 0) is 74.4 Å². The SMILES string of the molecule is [3H]C(C)[C@H](C)CC[C@@H](OC(=O)c1ccccc1)[C@H]1OC(C)(C)OC1C/C=C/c1cc(OCCN=[N+]=[N-])cc(OCOC)c1C(=O)OCC[Si](C)(C)C. The van der Waals surface area contributed by atoms with Gasteiger partial charge < -0.3 is 33.2 Å². The van der Waals surface area contributed by atoms with E-state index in [4.69, 9.17) is 40.1 Å². The van der Waals surface area contributed by atoms with Crippen LogP contribution >= 0.6 is 0 Å². The van der Waals surface area contributed by atoms with Crippen LogP contribution in [0, 0.1) is 5.92 Å². The van der Waals surface area contributed by atoms with Crippen LogP contribution in [0.4, 0.5) is 0 Å². The third kappa shape index (κ3) is 14.0. The van der Waals surface area contributed by atoms with Gasteiger partial charge in [0.2, 0.25) is 0 Å². The van der Waals surface area contributed by atoms with Crippen LogP contribution in [0.15, 0.2) is 53.7 Å². The lowest BCUT2D eigenvalue weighted by Gasteiger charge is -2.27. The maximum atomic E-state index is 13.6. The fraction of sp³-hybridized carbons (Fsp3) is 0.579. The van der Waals surface area contributed by atoms with Gasteiger partial charge in [-0.15, -0.1) is 0 Å². The van der Waals surface area contributed by atoms with E-state index in [1.807, 2.05) is 39.8 Å². The third-order valence-electron chi connectivity index (χ3n) is 8.25. The first-order chi connectivity index (χ1) is 24.6. The fourth-order valence-corrected chi connectivity index (χ4v) is 6.12. The van der Waals surface area contributed by atoms with Gasteiger partial charge in [0.05, 0.1) is 31.4 Å². The van der Waals surface area contributed by atoms with Gasteiger partial charge in [0, 0.05) is 27.5 Å². The standard InChI is InChI=1S/C38H55N3O9Si/c1-9-27(2)18-19-31(48-36(42)28-14-11-10-12-15-28)35-32(49-38(3,4)50-35)17-13-16-29-24-30(45-21-20-40-41-39)25-33(47-26-44-5)34(29)37(43)46-22-23-51(6,7)8/h10-16,24-25,27,31-32,35H,9,17-23,26H2,1-8H3/b16-13+/t27-,31+,32?,35+/m0/s1/i9T/t9?,27-,31+,32?,35+. The number of carbonyl (C=O) groups is 2. The van der Waals surface area contributed by atoms with E-state index in [2.05, 4.69) is 29.7 Å². The second kappa shape index (κ2) is 20.2. The lowest BCUT2D eigenvalue weighted by atomic mass is 9.95. The van der Waals surface area contributed by atoms with Crippen molar-refractivity contribution in [2.45, 2.75) is 103 Å². The lowest BCUT2D eigenvalue weighted by molar-refractivity contribution is -0.156. The van der Waals surface area contributed by atoms with Crippen molar-refractivity contribution < 1.29 is 44.1 Å². The van der Waals surface area contributed by atoms with Crippen molar-refractivity contribution in [1.29, 1.82) is 0 Å². The van der Waals surface area contributed by atoms with Gasteiger partial charge in [0.15, 0.2) is 12.6 Å². The minimum atomic E-state index is -1.48. The Morgan fingerprint density at radius 1 is 1.10 bits per heavy atom. The first kappa shape index (κ1) is 39.9. The van der Waals surface area contributed by atoms with Gasteiger partial charge in [-0.25, -0.2) is 9.59 Å². The van der Waals surface area contributed by atoms with Gasteiger partial charge >= 0.3 is 11.9 Å². The molecule has 0 saturated carbocycles. The second-order valence-electron chi connectivity index (χ2n) is 14.2. The molecular formula is C38H55N3O9Si. The molecule has 1 heterocycles. The molecule has 5 atom stereocenters. The van der Waals surface area contributed by atoms with E-state index in [0.717, 1.165) is 6.04 Å². The number of nitrogens with zero attached hydrogens (tertiary/aromatic N) is 3. The monoisotopic (exact) mass is 727 g/mol. The van der Waals surface area contributed by atoms with E-state index < -0.39 is 44.1 Å². The summed E-state index contributed by atoms with van der Waals surface area (Å²) in [7, 11) is 0.000130. The van der Waals surface area contributed by atoms with Crippen molar-refractivity contribution in [1.82, 2.24) is 0 Å². The normalized spacial score (nSPS) is 19.0. The maximum absolute atomic E-state index is 13.6. The van der Waals surface area contributed by atoms with Crippen LogP contribution in [-0.2, 0) is 23.7 Å². The topological polar surface area (TPSA) is 148 Å². The molecule has 3 rings (SSSR count). The lowest BCUT2D eigenvalue weighted by Crippen LogP contribution is -2.39. The Morgan fingerprint density at radius 2 is 1.84 bits per heavy atom. The van der Waals surface area contributed by atoms with E-state index in [1.165, 1.54) is 7.11 Å². The Morgan fingerprint density at radius 3 is 2.51 bits per heavy atom. The van der Waals surface area contributed by atoms with Crippen LogP contribution in [0.25, 0.3) is 16.5 Å². The maximum Gasteiger partial charge on any atom is 0.342 e. The van der Waals surface area contributed by atoms with Crippen LogP contribution in [-0.4, -0.2) is 77.8 Å². The molecule has 51 heavy (non-hydrogen) atoms. The highest BCUT2D eigenvalue weighted by molar-refractivity contribution is 6.76. The molecule has 2 unspecified atom stereocenters. The molecule has 1 saturated heterocycles. The highest BCUT2D eigenvalue weighted by Gasteiger charge is 2.46. The average Bonchev–Trinajstić information content (AvgIpc) is 3.40. The Labute approximate surface area is 304 Å². The first-order valence-electron chi connectivity index (χ1n) is 18.0. The van der Waals surface area contributed by atoms with Gasteiger partial charge in [-0.1, -0.05) is 75.4 Å². The number of azide groups is 1. The van der Waals surface area contributed by atoms with Gasteiger partial charge in [-0.2, -0.15) is 0 Å². The molecule has 0 N–H and O–H groups in total.